The van der Waals surface area contributed by atoms with Gasteiger partial charge in [0.15, 0.2) is 0 Å². The fraction of sp³-hybridized carbons (Fsp3) is 0.417. The number of hydrogen-bond donors (Lipinski definition) is 0. The lowest BCUT2D eigenvalue weighted by atomic mass is 10.2. The van der Waals surface area contributed by atoms with Crippen LogP contribution in [0.4, 0.5) is 5.69 Å². The van der Waals surface area contributed by atoms with Gasteiger partial charge in [0.05, 0.1) is 4.92 Å². The summed E-state index contributed by atoms with van der Waals surface area (Å²) in [6.07, 6.45) is 0. The van der Waals surface area contributed by atoms with E-state index in [2.05, 4.69) is 4.90 Å². The molecule has 0 aliphatic carbocycles. The van der Waals surface area contributed by atoms with Crippen LogP contribution in [0.3, 0.4) is 0 Å². The van der Waals surface area contributed by atoms with Crippen molar-refractivity contribution in [3.63, 3.8) is 0 Å². The number of nitro groups is 1. The van der Waals surface area contributed by atoms with Crippen molar-refractivity contribution < 1.29 is 4.92 Å². The van der Waals surface area contributed by atoms with Crippen molar-refractivity contribution in [3.8, 4) is 0 Å². The second kappa shape index (κ2) is 7.33. The van der Waals surface area contributed by atoms with Crippen LogP contribution in [0.15, 0.2) is 24.3 Å². The van der Waals surface area contributed by atoms with Crippen molar-refractivity contribution in [1.29, 1.82) is 0 Å². The minimum absolute atomic E-state index is 0.160. The first-order valence-electron chi connectivity index (χ1n) is 5.74. The molecule has 0 heterocycles. The van der Waals surface area contributed by atoms with Crippen LogP contribution >= 0.6 is 24.0 Å². The van der Waals surface area contributed by atoms with Gasteiger partial charge in [-0.2, -0.15) is 0 Å². The maximum absolute atomic E-state index is 10.9. The van der Waals surface area contributed by atoms with Crippen molar-refractivity contribution in [2.75, 3.05) is 13.1 Å². The lowest BCUT2D eigenvalue weighted by Crippen LogP contribution is -2.26. The van der Waals surface area contributed by atoms with Crippen LogP contribution in [0.25, 0.3) is 0 Å². The smallest absolute Gasteiger partial charge is 0.273 e. The van der Waals surface area contributed by atoms with Gasteiger partial charge in [-0.05, 0) is 13.8 Å². The molecule has 0 aromatic heterocycles. The molecule has 0 atom stereocenters. The molecule has 0 saturated carbocycles. The summed E-state index contributed by atoms with van der Waals surface area (Å²) in [5.74, 6) is 0.534. The normalized spacial score (nSPS) is 10.1. The fourth-order valence-electron chi connectivity index (χ4n) is 1.52. The average Bonchev–Trinajstić information content (AvgIpc) is 2.38. The van der Waals surface area contributed by atoms with Crippen molar-refractivity contribution in [2.24, 2.45) is 0 Å². The zero-order valence-electron chi connectivity index (χ0n) is 10.5. The van der Waals surface area contributed by atoms with Crippen LogP contribution < -0.4 is 0 Å². The Morgan fingerprint density at radius 3 is 2.56 bits per heavy atom. The van der Waals surface area contributed by atoms with Gasteiger partial charge in [0.2, 0.25) is 0 Å². The number of nitro benzene ring substituents is 1. The third-order valence-electron chi connectivity index (χ3n) is 2.56. The van der Waals surface area contributed by atoms with Gasteiger partial charge in [-0.1, -0.05) is 42.2 Å². The third-order valence-corrected chi connectivity index (χ3v) is 4.13. The molecule has 98 valence electrons. The SMILES string of the molecule is CCN(CC)C(=S)SCc1ccccc1[N+](=O)[O-]. The highest BCUT2D eigenvalue weighted by atomic mass is 32.2. The molecular weight excluding hydrogens is 268 g/mol. The molecule has 0 aliphatic heterocycles. The zero-order chi connectivity index (χ0) is 13.5. The van der Waals surface area contributed by atoms with Crippen LogP contribution in [-0.2, 0) is 5.75 Å². The predicted octanol–water partition coefficient (Wildman–Crippen LogP) is 3.45. The lowest BCUT2D eigenvalue weighted by molar-refractivity contribution is -0.385. The Kier molecular flexibility index (Phi) is 6.07. The molecule has 18 heavy (non-hydrogen) atoms. The summed E-state index contributed by atoms with van der Waals surface area (Å²) < 4.78 is 0.790. The summed E-state index contributed by atoms with van der Waals surface area (Å²) in [6.45, 7) is 5.81. The predicted molar refractivity (Wildman–Crippen MR) is 79.9 cm³/mol. The maximum atomic E-state index is 10.9. The quantitative estimate of drug-likeness (QED) is 0.471. The van der Waals surface area contributed by atoms with E-state index in [1.807, 2.05) is 19.9 Å². The number of benzene rings is 1. The molecular formula is C12H16N2O2S2. The molecule has 0 spiro atoms. The van der Waals surface area contributed by atoms with Gasteiger partial charge in [0, 0.05) is 30.5 Å². The first kappa shape index (κ1) is 14.9. The Bertz CT molecular complexity index is 434. The van der Waals surface area contributed by atoms with Crippen LogP contribution in [0.5, 0.6) is 0 Å². The van der Waals surface area contributed by atoms with Crippen LogP contribution in [-0.4, -0.2) is 27.2 Å². The molecule has 0 bridgehead atoms. The van der Waals surface area contributed by atoms with E-state index in [9.17, 15) is 10.1 Å². The fourth-order valence-corrected chi connectivity index (χ4v) is 2.92. The minimum atomic E-state index is -0.351. The van der Waals surface area contributed by atoms with E-state index >= 15 is 0 Å². The maximum Gasteiger partial charge on any atom is 0.273 e. The van der Waals surface area contributed by atoms with Crippen LogP contribution in [0.1, 0.15) is 19.4 Å². The molecule has 0 fully saturated rings. The van der Waals surface area contributed by atoms with E-state index in [4.69, 9.17) is 12.2 Å². The van der Waals surface area contributed by atoms with E-state index in [-0.39, 0.29) is 10.6 Å². The number of thioether (sulfide) groups is 1. The van der Waals surface area contributed by atoms with Gasteiger partial charge < -0.3 is 4.90 Å². The van der Waals surface area contributed by atoms with Gasteiger partial charge in [-0.15, -0.1) is 0 Å². The lowest BCUT2D eigenvalue weighted by Gasteiger charge is -2.20. The van der Waals surface area contributed by atoms with Gasteiger partial charge in [0.25, 0.3) is 5.69 Å². The summed E-state index contributed by atoms with van der Waals surface area (Å²) in [4.78, 5) is 12.6. The van der Waals surface area contributed by atoms with E-state index in [1.165, 1.54) is 17.8 Å². The minimum Gasteiger partial charge on any atom is -0.358 e. The van der Waals surface area contributed by atoms with Gasteiger partial charge in [0.1, 0.15) is 4.32 Å². The first-order chi connectivity index (χ1) is 8.60. The van der Waals surface area contributed by atoms with Crippen molar-refractivity contribution >= 4 is 34.0 Å². The molecule has 6 heteroatoms. The molecule has 0 N–H and O–H groups in total. The topological polar surface area (TPSA) is 46.4 Å². The summed E-state index contributed by atoms with van der Waals surface area (Å²) in [6, 6.07) is 6.78. The molecule has 0 aliphatic rings. The highest BCUT2D eigenvalue weighted by Crippen LogP contribution is 2.24. The Hall–Kier alpha value is -1.14. The molecule has 0 amide bonds. The van der Waals surface area contributed by atoms with Crippen molar-refractivity contribution in [2.45, 2.75) is 19.6 Å². The first-order valence-corrected chi connectivity index (χ1v) is 7.13. The largest absolute Gasteiger partial charge is 0.358 e. The molecule has 0 saturated heterocycles. The molecule has 0 radical (unpaired) electrons. The Morgan fingerprint density at radius 1 is 1.39 bits per heavy atom. The third kappa shape index (κ3) is 3.96. The van der Waals surface area contributed by atoms with Gasteiger partial charge in [-0.25, -0.2) is 0 Å². The summed E-state index contributed by atoms with van der Waals surface area (Å²) in [5, 5.41) is 10.9. The molecule has 1 aromatic rings. The number of rotatable bonds is 5. The second-order valence-corrected chi connectivity index (χ2v) is 5.22. The number of thiocarbonyl (C=S) groups is 1. The van der Waals surface area contributed by atoms with Gasteiger partial charge in [-0.3, -0.25) is 10.1 Å². The summed E-state index contributed by atoms with van der Waals surface area (Å²) >= 11 is 6.77. The van der Waals surface area contributed by atoms with Crippen LogP contribution in [0.2, 0.25) is 0 Å². The summed E-state index contributed by atoms with van der Waals surface area (Å²) in [7, 11) is 0. The highest BCUT2D eigenvalue weighted by Gasteiger charge is 2.14. The van der Waals surface area contributed by atoms with E-state index in [1.54, 1.807) is 12.1 Å². The Labute approximate surface area is 117 Å². The molecule has 1 aromatic carbocycles. The monoisotopic (exact) mass is 284 g/mol. The standard InChI is InChI=1S/C12H16N2O2S2/c1-3-13(4-2)12(17)18-9-10-7-5-6-8-11(10)14(15)16/h5-8H,3-4,9H2,1-2H3. The zero-order valence-corrected chi connectivity index (χ0v) is 12.1. The van der Waals surface area contributed by atoms with Gasteiger partial charge >= 0.3 is 0 Å². The average molecular weight is 284 g/mol. The number of para-hydroxylation sites is 1. The van der Waals surface area contributed by atoms with Crippen molar-refractivity contribution in [1.82, 2.24) is 4.90 Å². The number of nitrogens with zero attached hydrogens (tertiary/aromatic N) is 2. The van der Waals surface area contributed by atoms with Crippen LogP contribution in [0, 0.1) is 10.1 Å². The van der Waals surface area contributed by atoms with E-state index in [0.29, 0.717) is 11.3 Å². The molecule has 0 unspecified atom stereocenters. The van der Waals surface area contributed by atoms with E-state index in [0.717, 1.165) is 17.4 Å². The highest BCUT2D eigenvalue weighted by molar-refractivity contribution is 8.22. The Balaban J connectivity index is 2.69. The number of hydrogen-bond acceptors (Lipinski definition) is 4. The molecule has 1 rings (SSSR count). The summed E-state index contributed by atoms with van der Waals surface area (Å²) in [5.41, 5.74) is 0.870. The van der Waals surface area contributed by atoms with Crippen molar-refractivity contribution in [3.05, 3.63) is 39.9 Å². The second-order valence-electron chi connectivity index (χ2n) is 3.61. The molecule has 4 nitrogen and oxygen atoms in total. The van der Waals surface area contributed by atoms with E-state index < -0.39 is 0 Å². The Morgan fingerprint density at radius 2 is 2.00 bits per heavy atom.